The highest BCUT2D eigenvalue weighted by molar-refractivity contribution is 6.30. The Morgan fingerprint density at radius 2 is 1.65 bits per heavy atom. The number of hydrogen-bond donors (Lipinski definition) is 1. The number of piperidine rings is 1. The lowest BCUT2D eigenvalue weighted by Gasteiger charge is -2.32. The van der Waals surface area contributed by atoms with Gasteiger partial charge in [-0.25, -0.2) is 4.39 Å². The molecular weight excluding hydrogens is 351 g/mol. The average Bonchev–Trinajstić information content (AvgIpc) is 3.48. The fourth-order valence-electron chi connectivity index (χ4n) is 3.63. The molecule has 136 valence electrons. The summed E-state index contributed by atoms with van der Waals surface area (Å²) in [6.07, 6.45) is 4.49. The lowest BCUT2D eigenvalue weighted by molar-refractivity contribution is 0.0905. The maximum absolute atomic E-state index is 14.5. The van der Waals surface area contributed by atoms with Crippen LogP contribution in [0.25, 0.3) is 11.1 Å². The highest BCUT2D eigenvalue weighted by Crippen LogP contribution is 2.29. The number of likely N-dealkylation sites (tertiary alicyclic amines) is 1. The molecule has 0 unspecified atom stereocenters. The Balaban J connectivity index is 1.40. The Morgan fingerprint density at radius 1 is 1.00 bits per heavy atom. The lowest BCUT2D eigenvalue weighted by atomic mass is 10.0. The third-order valence-corrected chi connectivity index (χ3v) is 5.57. The van der Waals surface area contributed by atoms with Crippen molar-refractivity contribution >= 4 is 17.5 Å². The summed E-state index contributed by atoms with van der Waals surface area (Å²) in [6.45, 7) is 2.04. The van der Waals surface area contributed by atoms with Crippen LogP contribution < -0.4 is 5.32 Å². The molecule has 0 bridgehead atoms. The van der Waals surface area contributed by atoms with Crippen LogP contribution in [0.3, 0.4) is 0 Å². The van der Waals surface area contributed by atoms with E-state index in [2.05, 4.69) is 10.2 Å². The molecule has 0 spiro atoms. The molecule has 2 aromatic carbocycles. The van der Waals surface area contributed by atoms with Crippen LogP contribution in [0, 0.1) is 5.82 Å². The molecule has 0 aromatic heterocycles. The van der Waals surface area contributed by atoms with E-state index in [-0.39, 0.29) is 17.5 Å². The van der Waals surface area contributed by atoms with Gasteiger partial charge in [-0.05, 0) is 61.1 Å². The molecule has 4 rings (SSSR count). The molecule has 1 saturated carbocycles. The molecule has 0 radical (unpaired) electrons. The largest absolute Gasteiger partial charge is 0.349 e. The van der Waals surface area contributed by atoms with Crippen molar-refractivity contribution in [1.29, 1.82) is 0 Å². The van der Waals surface area contributed by atoms with Crippen molar-refractivity contribution in [2.45, 2.75) is 37.8 Å². The van der Waals surface area contributed by atoms with E-state index >= 15 is 0 Å². The van der Waals surface area contributed by atoms with Crippen molar-refractivity contribution < 1.29 is 9.18 Å². The van der Waals surface area contributed by atoms with Gasteiger partial charge in [0.15, 0.2) is 0 Å². The zero-order valence-electron chi connectivity index (χ0n) is 14.6. The van der Waals surface area contributed by atoms with Crippen LogP contribution in [0.1, 0.15) is 36.0 Å². The van der Waals surface area contributed by atoms with Crippen molar-refractivity contribution in [3.8, 4) is 11.1 Å². The molecule has 2 aromatic rings. The SMILES string of the molecule is O=C(NC1CCN(C2CC2)CC1)c1ccc(-c2ccc(Cl)cc2)cc1F. The summed E-state index contributed by atoms with van der Waals surface area (Å²) in [4.78, 5) is 15.0. The molecule has 1 heterocycles. The normalized spacial score (nSPS) is 18.7. The predicted molar refractivity (Wildman–Crippen MR) is 102 cm³/mol. The summed E-state index contributed by atoms with van der Waals surface area (Å²) >= 11 is 5.89. The fourth-order valence-corrected chi connectivity index (χ4v) is 3.76. The molecule has 3 nitrogen and oxygen atoms in total. The smallest absolute Gasteiger partial charge is 0.254 e. The van der Waals surface area contributed by atoms with Crippen LogP contribution in [-0.4, -0.2) is 36.0 Å². The number of halogens is 2. The number of amides is 1. The molecule has 2 fully saturated rings. The maximum atomic E-state index is 14.5. The fraction of sp³-hybridized carbons (Fsp3) is 0.381. The minimum atomic E-state index is -0.495. The number of nitrogens with zero attached hydrogens (tertiary/aromatic N) is 1. The van der Waals surface area contributed by atoms with Crippen molar-refractivity contribution in [2.75, 3.05) is 13.1 Å². The minimum absolute atomic E-state index is 0.104. The Bertz CT molecular complexity index is 796. The second-order valence-corrected chi connectivity index (χ2v) is 7.65. The van der Waals surface area contributed by atoms with Crippen molar-refractivity contribution in [1.82, 2.24) is 10.2 Å². The van der Waals surface area contributed by atoms with Crippen molar-refractivity contribution in [3.63, 3.8) is 0 Å². The van der Waals surface area contributed by atoms with E-state index in [1.807, 2.05) is 12.1 Å². The lowest BCUT2D eigenvalue weighted by Crippen LogP contribution is -2.45. The highest BCUT2D eigenvalue weighted by atomic mass is 35.5. The van der Waals surface area contributed by atoms with E-state index in [1.165, 1.54) is 18.9 Å². The number of carbonyl (C=O) groups is 1. The van der Waals surface area contributed by atoms with Gasteiger partial charge < -0.3 is 10.2 Å². The van der Waals surface area contributed by atoms with Crippen LogP contribution in [0.5, 0.6) is 0 Å². The molecule has 1 aliphatic heterocycles. The van der Waals surface area contributed by atoms with Gasteiger partial charge in [-0.3, -0.25) is 4.79 Å². The summed E-state index contributed by atoms with van der Waals surface area (Å²) in [6, 6.07) is 12.9. The van der Waals surface area contributed by atoms with E-state index in [1.54, 1.807) is 24.3 Å². The zero-order chi connectivity index (χ0) is 18.1. The number of hydrogen-bond acceptors (Lipinski definition) is 2. The van der Waals surface area contributed by atoms with E-state index in [9.17, 15) is 9.18 Å². The highest BCUT2D eigenvalue weighted by Gasteiger charge is 2.32. The van der Waals surface area contributed by atoms with E-state index < -0.39 is 5.82 Å². The van der Waals surface area contributed by atoms with Gasteiger partial charge in [0.1, 0.15) is 5.82 Å². The van der Waals surface area contributed by atoms with Crippen molar-refractivity contribution in [2.24, 2.45) is 0 Å². The van der Waals surface area contributed by atoms with Crippen LogP contribution in [0.4, 0.5) is 4.39 Å². The molecule has 1 amide bonds. The number of carbonyl (C=O) groups excluding carboxylic acids is 1. The first kappa shape index (κ1) is 17.5. The van der Waals surface area contributed by atoms with Gasteiger partial charge in [0, 0.05) is 30.2 Å². The van der Waals surface area contributed by atoms with Gasteiger partial charge in [0.25, 0.3) is 5.91 Å². The molecule has 26 heavy (non-hydrogen) atoms. The molecule has 5 heteroatoms. The summed E-state index contributed by atoms with van der Waals surface area (Å²) in [5, 5.41) is 3.64. The number of rotatable bonds is 4. The molecule has 1 N–H and O–H groups in total. The second kappa shape index (κ2) is 7.37. The Hall–Kier alpha value is -1.91. The topological polar surface area (TPSA) is 32.3 Å². The standard InChI is InChI=1S/C21H22ClFN2O/c22-16-4-1-14(2-5-16)15-3-8-19(20(23)13-15)21(26)24-17-9-11-25(12-10-17)18-6-7-18/h1-5,8,13,17-18H,6-7,9-12H2,(H,24,26). The van der Waals surface area contributed by atoms with Gasteiger partial charge in [-0.1, -0.05) is 29.8 Å². The summed E-state index contributed by atoms with van der Waals surface area (Å²) in [7, 11) is 0. The number of nitrogens with one attached hydrogen (secondary N) is 1. The molecule has 2 aliphatic rings. The molecular formula is C21H22ClFN2O. The Labute approximate surface area is 158 Å². The van der Waals surface area contributed by atoms with E-state index in [4.69, 9.17) is 11.6 Å². The van der Waals surface area contributed by atoms with E-state index in [0.717, 1.165) is 43.1 Å². The maximum Gasteiger partial charge on any atom is 0.254 e. The van der Waals surface area contributed by atoms with Gasteiger partial charge in [-0.15, -0.1) is 0 Å². The predicted octanol–water partition coefficient (Wildman–Crippen LogP) is 4.50. The first-order valence-corrected chi connectivity index (χ1v) is 9.58. The summed E-state index contributed by atoms with van der Waals surface area (Å²) < 4.78 is 14.5. The van der Waals surface area contributed by atoms with Crippen LogP contribution in [0.15, 0.2) is 42.5 Å². The molecule has 1 saturated heterocycles. The Morgan fingerprint density at radius 3 is 2.27 bits per heavy atom. The third-order valence-electron chi connectivity index (χ3n) is 5.32. The van der Waals surface area contributed by atoms with Gasteiger partial charge in [0.05, 0.1) is 5.56 Å². The number of benzene rings is 2. The first-order valence-electron chi connectivity index (χ1n) is 9.20. The third kappa shape index (κ3) is 3.92. The first-order chi connectivity index (χ1) is 12.6. The zero-order valence-corrected chi connectivity index (χ0v) is 15.3. The van der Waals surface area contributed by atoms with Crippen LogP contribution in [0.2, 0.25) is 5.02 Å². The summed E-state index contributed by atoms with van der Waals surface area (Å²) in [5.41, 5.74) is 1.70. The van der Waals surface area contributed by atoms with Gasteiger partial charge in [-0.2, -0.15) is 0 Å². The van der Waals surface area contributed by atoms with Crippen LogP contribution in [-0.2, 0) is 0 Å². The van der Waals surface area contributed by atoms with Crippen LogP contribution >= 0.6 is 11.6 Å². The quantitative estimate of drug-likeness (QED) is 0.856. The second-order valence-electron chi connectivity index (χ2n) is 7.22. The minimum Gasteiger partial charge on any atom is -0.349 e. The molecule has 1 aliphatic carbocycles. The van der Waals surface area contributed by atoms with Gasteiger partial charge in [0.2, 0.25) is 0 Å². The van der Waals surface area contributed by atoms with Crippen molar-refractivity contribution in [3.05, 3.63) is 58.9 Å². The van der Waals surface area contributed by atoms with E-state index in [0.29, 0.717) is 5.02 Å². The summed E-state index contributed by atoms with van der Waals surface area (Å²) in [5.74, 6) is -0.819. The van der Waals surface area contributed by atoms with Gasteiger partial charge >= 0.3 is 0 Å². The molecule has 0 atom stereocenters. The Kier molecular flexibility index (Phi) is 4.96. The average molecular weight is 373 g/mol. The monoisotopic (exact) mass is 372 g/mol.